The van der Waals surface area contributed by atoms with E-state index in [-0.39, 0.29) is 18.4 Å². The van der Waals surface area contributed by atoms with Crippen molar-refractivity contribution in [1.29, 1.82) is 0 Å². The number of amides is 1. The summed E-state index contributed by atoms with van der Waals surface area (Å²) in [7, 11) is 0. The predicted octanol–water partition coefficient (Wildman–Crippen LogP) is 1.53. The molecule has 4 nitrogen and oxygen atoms in total. The standard InChI is InChI=1S/C15H16FNO3/c16-13-4-5-14(11(9-13)3-1-2-7-18)17-15(19)12-6-8-20-10-12/h4-5,9,12,18H,2,6-8,10H2,(H,17,19). The Morgan fingerprint density at radius 1 is 1.55 bits per heavy atom. The first-order valence-corrected chi connectivity index (χ1v) is 6.48. The van der Waals surface area contributed by atoms with Crippen LogP contribution in [0.4, 0.5) is 10.1 Å². The molecule has 1 heterocycles. The number of benzene rings is 1. The fourth-order valence-corrected chi connectivity index (χ4v) is 1.92. The topological polar surface area (TPSA) is 58.6 Å². The fraction of sp³-hybridized carbons (Fsp3) is 0.400. The van der Waals surface area contributed by atoms with Gasteiger partial charge < -0.3 is 15.2 Å². The lowest BCUT2D eigenvalue weighted by molar-refractivity contribution is -0.119. The van der Waals surface area contributed by atoms with E-state index in [0.29, 0.717) is 37.3 Å². The number of halogens is 1. The number of ether oxygens (including phenoxy) is 1. The van der Waals surface area contributed by atoms with Crippen LogP contribution < -0.4 is 5.32 Å². The minimum Gasteiger partial charge on any atom is -0.395 e. The molecular weight excluding hydrogens is 261 g/mol. The molecule has 1 aliphatic heterocycles. The van der Waals surface area contributed by atoms with Crippen LogP contribution in [0, 0.1) is 23.6 Å². The quantitative estimate of drug-likeness (QED) is 0.824. The normalized spacial score (nSPS) is 17.4. The Kier molecular flexibility index (Phi) is 5.10. The summed E-state index contributed by atoms with van der Waals surface area (Å²) < 4.78 is 18.4. The third kappa shape index (κ3) is 3.80. The Morgan fingerprint density at radius 3 is 3.10 bits per heavy atom. The van der Waals surface area contributed by atoms with E-state index < -0.39 is 5.82 Å². The van der Waals surface area contributed by atoms with E-state index >= 15 is 0 Å². The minimum atomic E-state index is -0.416. The van der Waals surface area contributed by atoms with Gasteiger partial charge in [0.1, 0.15) is 5.82 Å². The Labute approximate surface area is 116 Å². The first-order valence-electron chi connectivity index (χ1n) is 6.48. The summed E-state index contributed by atoms with van der Waals surface area (Å²) in [4.78, 5) is 12.0. The summed E-state index contributed by atoms with van der Waals surface area (Å²) in [5.74, 6) is 4.75. The van der Waals surface area contributed by atoms with Gasteiger partial charge in [-0.25, -0.2) is 4.39 Å². The molecule has 20 heavy (non-hydrogen) atoms. The number of hydrogen-bond donors (Lipinski definition) is 2. The lowest BCUT2D eigenvalue weighted by Gasteiger charge is -2.11. The van der Waals surface area contributed by atoms with Gasteiger partial charge in [-0.15, -0.1) is 0 Å². The molecule has 1 unspecified atom stereocenters. The van der Waals surface area contributed by atoms with E-state index in [4.69, 9.17) is 9.84 Å². The van der Waals surface area contributed by atoms with Gasteiger partial charge in [-0.1, -0.05) is 11.8 Å². The van der Waals surface area contributed by atoms with Crippen molar-refractivity contribution >= 4 is 11.6 Å². The highest BCUT2D eigenvalue weighted by atomic mass is 19.1. The SMILES string of the molecule is O=C(Nc1ccc(F)cc1C#CCCO)C1CCOC1. The molecule has 2 rings (SSSR count). The first kappa shape index (κ1) is 14.5. The summed E-state index contributed by atoms with van der Waals surface area (Å²) >= 11 is 0. The minimum absolute atomic E-state index is 0.0522. The van der Waals surface area contributed by atoms with E-state index in [0.717, 1.165) is 0 Å². The van der Waals surface area contributed by atoms with Crippen LogP contribution in [-0.4, -0.2) is 30.8 Å². The maximum Gasteiger partial charge on any atom is 0.229 e. The largest absolute Gasteiger partial charge is 0.395 e. The van der Waals surface area contributed by atoms with Crippen molar-refractivity contribution < 1.29 is 19.0 Å². The van der Waals surface area contributed by atoms with E-state index in [9.17, 15) is 9.18 Å². The average Bonchev–Trinajstić information content (AvgIpc) is 2.96. The van der Waals surface area contributed by atoms with Crippen molar-refractivity contribution in [3.63, 3.8) is 0 Å². The molecule has 1 fully saturated rings. The van der Waals surface area contributed by atoms with Gasteiger partial charge in [0.05, 0.1) is 30.4 Å². The van der Waals surface area contributed by atoms with Crippen LogP contribution in [0.5, 0.6) is 0 Å². The number of hydrogen-bond acceptors (Lipinski definition) is 3. The number of carbonyl (C=O) groups excluding carboxylic acids is 1. The maximum absolute atomic E-state index is 13.2. The van der Waals surface area contributed by atoms with Crippen molar-refractivity contribution in [3.8, 4) is 11.8 Å². The zero-order valence-electron chi connectivity index (χ0n) is 11.0. The van der Waals surface area contributed by atoms with E-state index in [1.807, 2.05) is 0 Å². The second kappa shape index (κ2) is 7.04. The van der Waals surface area contributed by atoms with Crippen molar-refractivity contribution in [2.75, 3.05) is 25.1 Å². The van der Waals surface area contributed by atoms with Gasteiger partial charge in [0.15, 0.2) is 0 Å². The third-order valence-corrected chi connectivity index (χ3v) is 3.00. The second-order valence-electron chi connectivity index (χ2n) is 4.52. The molecule has 0 aromatic heterocycles. The van der Waals surface area contributed by atoms with Crippen LogP contribution in [0.15, 0.2) is 18.2 Å². The molecule has 1 saturated heterocycles. The first-order chi connectivity index (χ1) is 9.70. The number of anilines is 1. The highest BCUT2D eigenvalue weighted by Crippen LogP contribution is 2.19. The summed E-state index contributed by atoms with van der Waals surface area (Å²) in [5, 5.41) is 11.5. The van der Waals surface area contributed by atoms with Gasteiger partial charge in [0.2, 0.25) is 5.91 Å². The monoisotopic (exact) mass is 277 g/mol. The maximum atomic E-state index is 13.2. The van der Waals surface area contributed by atoms with Crippen LogP contribution in [0.2, 0.25) is 0 Å². The average molecular weight is 277 g/mol. The van der Waals surface area contributed by atoms with Crippen molar-refractivity contribution in [3.05, 3.63) is 29.6 Å². The fourth-order valence-electron chi connectivity index (χ4n) is 1.92. The summed E-state index contributed by atoms with van der Waals surface area (Å²) in [5.41, 5.74) is 0.888. The third-order valence-electron chi connectivity index (χ3n) is 3.00. The van der Waals surface area contributed by atoms with Crippen molar-refractivity contribution in [2.45, 2.75) is 12.8 Å². The Balaban J connectivity index is 2.14. The number of rotatable bonds is 3. The smallest absolute Gasteiger partial charge is 0.229 e. The molecule has 0 aliphatic carbocycles. The van der Waals surface area contributed by atoms with Crippen LogP contribution >= 0.6 is 0 Å². The zero-order valence-corrected chi connectivity index (χ0v) is 11.0. The second-order valence-corrected chi connectivity index (χ2v) is 4.52. The molecule has 1 amide bonds. The Hall–Kier alpha value is -1.90. The predicted molar refractivity (Wildman–Crippen MR) is 72.5 cm³/mol. The molecular formula is C15H16FNO3. The lowest BCUT2D eigenvalue weighted by atomic mass is 10.1. The van der Waals surface area contributed by atoms with Gasteiger partial charge in [-0.05, 0) is 24.6 Å². The lowest BCUT2D eigenvalue weighted by Crippen LogP contribution is -2.23. The molecule has 2 N–H and O–H groups in total. The summed E-state index contributed by atoms with van der Waals surface area (Å²) in [6.07, 6.45) is 0.999. The summed E-state index contributed by atoms with van der Waals surface area (Å²) in [6.45, 7) is 0.951. The summed E-state index contributed by atoms with van der Waals surface area (Å²) in [6, 6.07) is 4.04. The number of aliphatic hydroxyl groups is 1. The van der Waals surface area contributed by atoms with Gasteiger partial charge >= 0.3 is 0 Å². The van der Waals surface area contributed by atoms with Crippen LogP contribution in [0.3, 0.4) is 0 Å². The van der Waals surface area contributed by atoms with Crippen molar-refractivity contribution in [2.24, 2.45) is 5.92 Å². The molecule has 1 aliphatic rings. The van der Waals surface area contributed by atoms with E-state index in [1.165, 1.54) is 18.2 Å². The molecule has 0 spiro atoms. The molecule has 0 bridgehead atoms. The number of carbonyl (C=O) groups is 1. The van der Waals surface area contributed by atoms with Crippen molar-refractivity contribution in [1.82, 2.24) is 0 Å². The Bertz CT molecular complexity index is 542. The molecule has 5 heteroatoms. The van der Waals surface area contributed by atoms with Gasteiger partial charge in [0.25, 0.3) is 0 Å². The van der Waals surface area contributed by atoms with Crippen LogP contribution in [0.25, 0.3) is 0 Å². The van der Waals surface area contributed by atoms with E-state index in [2.05, 4.69) is 17.2 Å². The van der Waals surface area contributed by atoms with Crippen LogP contribution in [-0.2, 0) is 9.53 Å². The van der Waals surface area contributed by atoms with Gasteiger partial charge in [-0.2, -0.15) is 0 Å². The zero-order chi connectivity index (χ0) is 14.4. The highest BCUT2D eigenvalue weighted by molar-refractivity contribution is 5.94. The molecule has 0 saturated carbocycles. The molecule has 0 radical (unpaired) electrons. The Morgan fingerprint density at radius 2 is 2.40 bits per heavy atom. The number of nitrogens with one attached hydrogen (secondary N) is 1. The molecule has 1 atom stereocenters. The molecule has 1 aromatic carbocycles. The van der Waals surface area contributed by atoms with E-state index in [1.54, 1.807) is 0 Å². The molecule has 1 aromatic rings. The number of aliphatic hydroxyl groups excluding tert-OH is 1. The van der Waals surface area contributed by atoms with Gasteiger partial charge in [-0.3, -0.25) is 4.79 Å². The van der Waals surface area contributed by atoms with Crippen LogP contribution in [0.1, 0.15) is 18.4 Å². The highest BCUT2D eigenvalue weighted by Gasteiger charge is 2.23. The van der Waals surface area contributed by atoms with Gasteiger partial charge in [0, 0.05) is 13.0 Å². The molecule has 106 valence electrons.